The Bertz CT molecular complexity index is 1140. The molecule has 0 aliphatic heterocycles. The maximum absolute atomic E-state index is 15.0. The highest BCUT2D eigenvalue weighted by molar-refractivity contribution is 6.09. The fourth-order valence-corrected chi connectivity index (χ4v) is 3.04. The molecule has 4 rings (SSSR count). The van der Waals surface area contributed by atoms with Crippen molar-refractivity contribution in [3.8, 4) is 0 Å². The molecule has 4 aromatic rings. The number of benzene rings is 3. The van der Waals surface area contributed by atoms with Crippen molar-refractivity contribution in [2.45, 2.75) is 0 Å². The fraction of sp³-hybridized carbons (Fsp3) is 0. The lowest BCUT2D eigenvalue weighted by molar-refractivity contribution is 0.0932. The summed E-state index contributed by atoms with van der Waals surface area (Å²) < 4.78 is 15.0. The van der Waals surface area contributed by atoms with Gasteiger partial charge in [0.2, 0.25) is 0 Å². The number of aromatic nitrogens is 1. The Morgan fingerprint density at radius 2 is 1.54 bits per heavy atom. The molecule has 28 heavy (non-hydrogen) atoms. The number of anilines is 1. The highest BCUT2D eigenvalue weighted by Gasteiger charge is 2.20. The Morgan fingerprint density at radius 1 is 0.821 bits per heavy atom. The maximum atomic E-state index is 15.0. The Kier molecular flexibility index (Phi) is 4.93. The van der Waals surface area contributed by atoms with E-state index < -0.39 is 5.91 Å². The SMILES string of the molecule is O=C(c1ccccc1)N(F)c1ccc(C=Cc2ccccc2)c2cccnc12. The number of hydrogen-bond acceptors (Lipinski definition) is 2. The van der Waals surface area contributed by atoms with Crippen LogP contribution >= 0.6 is 0 Å². The van der Waals surface area contributed by atoms with E-state index in [0.717, 1.165) is 16.5 Å². The van der Waals surface area contributed by atoms with Gasteiger partial charge in [0.1, 0.15) is 5.69 Å². The first-order chi connectivity index (χ1) is 13.7. The molecule has 4 heteroatoms. The van der Waals surface area contributed by atoms with Gasteiger partial charge in [-0.15, -0.1) is 5.12 Å². The number of nitrogens with zero attached hydrogens (tertiary/aromatic N) is 2. The van der Waals surface area contributed by atoms with Gasteiger partial charge in [0, 0.05) is 17.1 Å². The number of amides is 1. The van der Waals surface area contributed by atoms with Gasteiger partial charge in [-0.1, -0.05) is 77.3 Å². The van der Waals surface area contributed by atoms with Crippen molar-refractivity contribution in [3.63, 3.8) is 0 Å². The van der Waals surface area contributed by atoms with Crippen molar-refractivity contribution in [2.24, 2.45) is 0 Å². The summed E-state index contributed by atoms with van der Waals surface area (Å²) in [7, 11) is 0. The summed E-state index contributed by atoms with van der Waals surface area (Å²) >= 11 is 0. The van der Waals surface area contributed by atoms with Crippen LogP contribution in [0.15, 0.2) is 91.1 Å². The minimum absolute atomic E-state index is 0.126. The first-order valence-electron chi connectivity index (χ1n) is 8.90. The molecule has 0 fully saturated rings. The van der Waals surface area contributed by atoms with E-state index in [1.54, 1.807) is 54.7 Å². The van der Waals surface area contributed by atoms with E-state index >= 15 is 0 Å². The summed E-state index contributed by atoms with van der Waals surface area (Å²) in [5, 5.41) is 0.936. The third kappa shape index (κ3) is 3.53. The lowest BCUT2D eigenvalue weighted by Crippen LogP contribution is -2.22. The van der Waals surface area contributed by atoms with E-state index in [1.807, 2.05) is 48.6 Å². The predicted octanol–water partition coefficient (Wildman–Crippen LogP) is 5.94. The van der Waals surface area contributed by atoms with Crippen LogP contribution in [0.4, 0.5) is 10.2 Å². The van der Waals surface area contributed by atoms with E-state index in [1.165, 1.54) is 0 Å². The standard InChI is InChI=1S/C24H17FN2O/c25-27(24(28)20-10-5-2-6-11-20)22-16-15-19(21-12-7-17-26-23(21)22)14-13-18-8-3-1-4-9-18/h1-17H. The maximum Gasteiger partial charge on any atom is 0.286 e. The second-order valence-electron chi connectivity index (χ2n) is 6.27. The average Bonchev–Trinajstić information content (AvgIpc) is 2.77. The predicted molar refractivity (Wildman–Crippen MR) is 111 cm³/mol. The zero-order chi connectivity index (χ0) is 19.3. The molecular weight excluding hydrogens is 351 g/mol. The average molecular weight is 368 g/mol. The van der Waals surface area contributed by atoms with Crippen LogP contribution in [-0.2, 0) is 0 Å². The normalized spacial score (nSPS) is 11.0. The van der Waals surface area contributed by atoms with Gasteiger partial charge < -0.3 is 0 Å². The van der Waals surface area contributed by atoms with E-state index in [4.69, 9.17) is 0 Å². The highest BCUT2D eigenvalue weighted by atomic mass is 19.2. The third-order valence-electron chi connectivity index (χ3n) is 4.45. The van der Waals surface area contributed by atoms with Gasteiger partial charge in [-0.25, -0.2) is 0 Å². The second kappa shape index (κ2) is 7.84. The summed E-state index contributed by atoms with van der Waals surface area (Å²) in [6, 6.07) is 25.3. The van der Waals surface area contributed by atoms with Gasteiger partial charge in [-0.2, -0.15) is 0 Å². The van der Waals surface area contributed by atoms with Crippen molar-refractivity contribution in [2.75, 3.05) is 5.12 Å². The number of hydrogen-bond donors (Lipinski definition) is 0. The van der Waals surface area contributed by atoms with Crippen LogP contribution < -0.4 is 5.12 Å². The van der Waals surface area contributed by atoms with E-state index in [9.17, 15) is 9.28 Å². The number of carbonyl (C=O) groups is 1. The highest BCUT2D eigenvalue weighted by Crippen LogP contribution is 2.30. The van der Waals surface area contributed by atoms with Crippen LogP contribution in [0.2, 0.25) is 0 Å². The Hall–Kier alpha value is -3.79. The molecule has 1 aromatic heterocycles. The summed E-state index contributed by atoms with van der Waals surface area (Å²) in [5.41, 5.74) is 2.80. The van der Waals surface area contributed by atoms with Crippen LogP contribution in [0, 0.1) is 0 Å². The fourth-order valence-electron chi connectivity index (χ4n) is 3.04. The molecular formula is C24H17FN2O. The van der Waals surface area contributed by atoms with Crippen LogP contribution in [0.5, 0.6) is 0 Å². The quantitative estimate of drug-likeness (QED) is 0.330. The summed E-state index contributed by atoms with van der Waals surface area (Å²) in [4.78, 5) is 16.8. The Balaban J connectivity index is 1.73. The molecule has 0 saturated carbocycles. The van der Waals surface area contributed by atoms with Crippen molar-refractivity contribution in [1.29, 1.82) is 0 Å². The third-order valence-corrected chi connectivity index (χ3v) is 4.45. The van der Waals surface area contributed by atoms with Gasteiger partial charge in [-0.05, 0) is 35.4 Å². The largest absolute Gasteiger partial charge is 0.286 e. The lowest BCUT2D eigenvalue weighted by Gasteiger charge is -2.15. The molecule has 0 bridgehead atoms. The van der Waals surface area contributed by atoms with Crippen molar-refractivity contribution in [1.82, 2.24) is 4.98 Å². The summed E-state index contributed by atoms with van der Waals surface area (Å²) in [5.74, 6) is -0.722. The molecule has 3 aromatic carbocycles. The first kappa shape index (κ1) is 17.6. The molecule has 1 heterocycles. The van der Waals surface area contributed by atoms with Gasteiger partial charge in [0.25, 0.3) is 5.91 Å². The van der Waals surface area contributed by atoms with E-state index in [-0.39, 0.29) is 16.4 Å². The molecule has 0 aliphatic carbocycles. The number of carbonyl (C=O) groups excluding carboxylic acids is 1. The van der Waals surface area contributed by atoms with E-state index in [0.29, 0.717) is 5.52 Å². The van der Waals surface area contributed by atoms with Gasteiger partial charge in [0.15, 0.2) is 0 Å². The Labute approximate surface area is 162 Å². The van der Waals surface area contributed by atoms with Crippen LogP contribution in [-0.4, -0.2) is 10.9 Å². The zero-order valence-electron chi connectivity index (χ0n) is 15.0. The van der Waals surface area contributed by atoms with Crippen LogP contribution in [0.3, 0.4) is 0 Å². The van der Waals surface area contributed by atoms with Crippen LogP contribution in [0.25, 0.3) is 23.1 Å². The van der Waals surface area contributed by atoms with Gasteiger partial charge >= 0.3 is 0 Å². The van der Waals surface area contributed by atoms with Crippen molar-refractivity contribution in [3.05, 3.63) is 108 Å². The number of pyridine rings is 1. The van der Waals surface area contributed by atoms with Crippen molar-refractivity contribution >= 4 is 34.6 Å². The molecule has 0 aliphatic rings. The number of fused-ring (bicyclic) bond motifs is 1. The van der Waals surface area contributed by atoms with E-state index in [2.05, 4.69) is 4.98 Å². The zero-order valence-corrected chi connectivity index (χ0v) is 15.0. The lowest BCUT2D eigenvalue weighted by atomic mass is 10.0. The van der Waals surface area contributed by atoms with Crippen LogP contribution in [0.1, 0.15) is 21.5 Å². The summed E-state index contributed by atoms with van der Waals surface area (Å²) in [6.45, 7) is 0. The molecule has 0 atom stereocenters. The minimum atomic E-state index is -0.722. The molecule has 0 spiro atoms. The number of rotatable bonds is 4. The monoisotopic (exact) mass is 368 g/mol. The molecule has 0 saturated heterocycles. The second-order valence-corrected chi connectivity index (χ2v) is 6.27. The molecule has 136 valence electrons. The summed E-state index contributed by atoms with van der Waals surface area (Å²) in [6.07, 6.45) is 5.55. The molecule has 0 N–H and O–H groups in total. The first-order valence-corrected chi connectivity index (χ1v) is 8.90. The molecule has 3 nitrogen and oxygen atoms in total. The molecule has 0 unspecified atom stereocenters. The minimum Gasteiger partial charge on any atom is -0.266 e. The number of halogens is 1. The van der Waals surface area contributed by atoms with Crippen molar-refractivity contribution < 1.29 is 9.28 Å². The topological polar surface area (TPSA) is 33.2 Å². The Morgan fingerprint density at radius 3 is 2.29 bits per heavy atom. The molecule has 1 amide bonds. The molecule has 0 radical (unpaired) electrons. The van der Waals surface area contributed by atoms with Gasteiger partial charge in [-0.3, -0.25) is 9.78 Å². The van der Waals surface area contributed by atoms with Gasteiger partial charge in [0.05, 0.1) is 5.52 Å². The smallest absolute Gasteiger partial charge is 0.266 e.